The molecule has 1 aliphatic heterocycles. The van der Waals surface area contributed by atoms with Crippen molar-refractivity contribution in [3.8, 4) is 0 Å². The van der Waals surface area contributed by atoms with Crippen LogP contribution in [0.2, 0.25) is 0 Å². The molecule has 2 bridgehead atoms. The van der Waals surface area contributed by atoms with Crippen molar-refractivity contribution < 1.29 is 9.59 Å². The zero-order chi connectivity index (χ0) is 22.3. The second-order valence-corrected chi connectivity index (χ2v) is 11.0. The van der Waals surface area contributed by atoms with Crippen molar-refractivity contribution in [2.75, 3.05) is 0 Å². The fourth-order valence-electron chi connectivity index (χ4n) is 6.47. The van der Waals surface area contributed by atoms with Gasteiger partial charge in [-0.25, -0.2) is 0 Å². The highest BCUT2D eigenvalue weighted by molar-refractivity contribution is 14.1. The maximum Gasteiger partial charge on any atom is 0.254 e. The highest BCUT2D eigenvalue weighted by Crippen LogP contribution is 2.65. The Bertz CT molecular complexity index is 1340. The summed E-state index contributed by atoms with van der Waals surface area (Å²) < 4.78 is 3.41. The highest BCUT2D eigenvalue weighted by atomic mass is 127. The van der Waals surface area contributed by atoms with Gasteiger partial charge in [-0.2, -0.15) is 10.1 Å². The number of rotatable bonds is 4. The normalized spacial score (nSPS) is 31.6. The molecule has 0 N–H and O–H groups in total. The van der Waals surface area contributed by atoms with Gasteiger partial charge in [0.2, 0.25) is 0 Å². The van der Waals surface area contributed by atoms with E-state index in [4.69, 9.17) is 0 Å². The van der Waals surface area contributed by atoms with Crippen LogP contribution in [0, 0.1) is 39.1 Å². The van der Waals surface area contributed by atoms with Crippen molar-refractivity contribution in [3.63, 3.8) is 0 Å². The van der Waals surface area contributed by atoms with Gasteiger partial charge in [-0.05, 0) is 76.4 Å². The summed E-state index contributed by atoms with van der Waals surface area (Å²) in [5, 5.41) is 6.69. The van der Waals surface area contributed by atoms with Crippen LogP contribution in [-0.2, 0) is 16.1 Å². The Labute approximate surface area is 205 Å². The summed E-state index contributed by atoms with van der Waals surface area (Å²) in [7, 11) is 0. The first-order chi connectivity index (χ1) is 16.1. The fraction of sp³-hybridized carbons (Fsp3) is 0.296. The topological polar surface area (TPSA) is 54.7 Å². The van der Waals surface area contributed by atoms with Crippen molar-refractivity contribution in [2.24, 2.45) is 40.6 Å². The van der Waals surface area contributed by atoms with Gasteiger partial charge in [0, 0.05) is 32.8 Å². The molecule has 1 aromatic heterocycles. The van der Waals surface area contributed by atoms with E-state index in [9.17, 15) is 9.59 Å². The number of hydrazone groups is 1. The van der Waals surface area contributed by atoms with E-state index in [0.29, 0.717) is 11.8 Å². The number of hydrogen-bond acceptors (Lipinski definition) is 3. The molecular weight excluding hydrogens is 525 g/mol. The van der Waals surface area contributed by atoms with E-state index in [1.165, 1.54) is 20.6 Å². The van der Waals surface area contributed by atoms with Gasteiger partial charge in [0.1, 0.15) is 0 Å². The molecule has 2 saturated carbocycles. The number of hydrogen-bond donors (Lipinski definition) is 0. The third-order valence-corrected chi connectivity index (χ3v) is 8.76. The minimum atomic E-state index is -0.212. The first-order valence-corrected chi connectivity index (χ1v) is 12.6. The Hall–Kier alpha value is -2.74. The Balaban J connectivity index is 1.20. The number of amides is 2. The Morgan fingerprint density at radius 2 is 1.61 bits per heavy atom. The first-order valence-electron chi connectivity index (χ1n) is 11.5. The first kappa shape index (κ1) is 19.7. The third-order valence-electron chi connectivity index (χ3n) is 8.04. The summed E-state index contributed by atoms with van der Waals surface area (Å²) >= 11 is 2.31. The average molecular weight is 547 g/mol. The summed E-state index contributed by atoms with van der Waals surface area (Å²) in [4.78, 5) is 26.4. The number of aromatic nitrogens is 1. The largest absolute Gasteiger partial charge is 0.342 e. The van der Waals surface area contributed by atoms with E-state index in [1.807, 2.05) is 12.1 Å². The molecule has 3 aromatic rings. The number of benzene rings is 2. The van der Waals surface area contributed by atoms with Crippen molar-refractivity contribution in [1.29, 1.82) is 0 Å². The number of fused-ring (bicyclic) bond motifs is 1. The standard InChI is InChI=1S/C27H22IN3O2/c28-17-7-5-15(6-8-17)13-30-14-16(18-3-1-2-4-23(18)30)12-29-31-26(32)24-19-9-10-20(22-11-21(19)22)25(24)27(31)33/h1-10,12,14,19-22,24-25H,11,13H2/b29-12-/t19-,20-,21-,22+,24-,25+/m0/s1. The molecular formula is C27H22IN3O2. The molecule has 6 atom stereocenters. The van der Waals surface area contributed by atoms with Gasteiger partial charge in [-0.1, -0.05) is 42.5 Å². The number of halogens is 1. The molecule has 164 valence electrons. The minimum absolute atomic E-state index is 0.117. The molecule has 33 heavy (non-hydrogen) atoms. The molecule has 2 aromatic carbocycles. The molecule has 8 rings (SSSR count). The van der Waals surface area contributed by atoms with Crippen LogP contribution in [0.1, 0.15) is 17.5 Å². The summed E-state index contributed by atoms with van der Waals surface area (Å²) in [5.74, 6) is 0.978. The van der Waals surface area contributed by atoms with E-state index in [0.717, 1.165) is 23.0 Å². The van der Waals surface area contributed by atoms with Crippen molar-refractivity contribution in [2.45, 2.75) is 13.0 Å². The van der Waals surface area contributed by atoms with Crippen LogP contribution in [-0.4, -0.2) is 27.6 Å². The smallest absolute Gasteiger partial charge is 0.254 e. The number of para-hydroxylation sites is 1. The zero-order valence-electron chi connectivity index (χ0n) is 17.8. The maximum atomic E-state index is 13.2. The third kappa shape index (κ3) is 2.92. The zero-order valence-corrected chi connectivity index (χ0v) is 20.0. The van der Waals surface area contributed by atoms with Gasteiger partial charge < -0.3 is 4.57 Å². The van der Waals surface area contributed by atoms with Crippen LogP contribution < -0.4 is 0 Å². The van der Waals surface area contributed by atoms with E-state index in [1.54, 1.807) is 6.21 Å². The number of carbonyl (C=O) groups is 2. The summed E-state index contributed by atoms with van der Waals surface area (Å²) in [5.41, 5.74) is 3.23. The SMILES string of the molecule is O=C1[C@@H]2[C@H]3C=C[C@@H]([C@@H]4C[C@H]34)[C@@H]2C(=O)N1/N=C\c1cn(Cc2ccc(I)cc2)c2ccccc12. The monoisotopic (exact) mass is 547 g/mol. The van der Waals surface area contributed by atoms with E-state index < -0.39 is 0 Å². The second kappa shape index (κ2) is 7.13. The molecule has 0 radical (unpaired) electrons. The molecule has 5 aliphatic rings. The molecule has 3 fully saturated rings. The molecule has 5 nitrogen and oxygen atoms in total. The maximum absolute atomic E-state index is 13.2. The van der Waals surface area contributed by atoms with Crippen molar-refractivity contribution >= 4 is 51.5 Å². The van der Waals surface area contributed by atoms with Crippen molar-refractivity contribution in [1.82, 2.24) is 9.58 Å². The van der Waals surface area contributed by atoms with E-state index in [2.05, 4.69) is 87.0 Å². The van der Waals surface area contributed by atoms with Crippen LogP contribution >= 0.6 is 22.6 Å². The van der Waals surface area contributed by atoms with Crippen LogP contribution in [0.3, 0.4) is 0 Å². The minimum Gasteiger partial charge on any atom is -0.342 e. The molecule has 1 saturated heterocycles. The molecule has 4 aliphatic carbocycles. The Morgan fingerprint density at radius 3 is 2.30 bits per heavy atom. The summed E-state index contributed by atoms with van der Waals surface area (Å²) in [6.07, 6.45) is 9.30. The lowest BCUT2D eigenvalue weighted by Gasteiger charge is -2.37. The van der Waals surface area contributed by atoms with Crippen LogP contribution in [0.5, 0.6) is 0 Å². The molecule has 0 unspecified atom stereocenters. The van der Waals surface area contributed by atoms with E-state index >= 15 is 0 Å². The van der Waals surface area contributed by atoms with Gasteiger partial charge in [0.05, 0.1) is 18.1 Å². The Kier molecular flexibility index (Phi) is 4.26. The van der Waals surface area contributed by atoms with Gasteiger partial charge in [-0.3, -0.25) is 9.59 Å². The van der Waals surface area contributed by atoms with Crippen LogP contribution in [0.25, 0.3) is 10.9 Å². The lowest BCUT2D eigenvalue weighted by molar-refractivity contribution is -0.140. The number of imide groups is 1. The Morgan fingerprint density at radius 1 is 0.939 bits per heavy atom. The fourth-order valence-corrected chi connectivity index (χ4v) is 6.83. The second-order valence-electron chi connectivity index (χ2n) is 9.74. The van der Waals surface area contributed by atoms with Gasteiger partial charge in [-0.15, -0.1) is 0 Å². The molecule has 2 amide bonds. The number of nitrogens with zero attached hydrogens (tertiary/aromatic N) is 3. The summed E-state index contributed by atoms with van der Waals surface area (Å²) in [6, 6.07) is 16.7. The predicted molar refractivity (Wildman–Crippen MR) is 134 cm³/mol. The van der Waals surface area contributed by atoms with Gasteiger partial charge >= 0.3 is 0 Å². The lowest BCUT2D eigenvalue weighted by Crippen LogP contribution is -2.40. The predicted octanol–water partition coefficient (Wildman–Crippen LogP) is 4.68. The highest BCUT2D eigenvalue weighted by Gasteiger charge is 2.67. The van der Waals surface area contributed by atoms with Crippen LogP contribution in [0.15, 0.2) is 72.0 Å². The van der Waals surface area contributed by atoms with Gasteiger partial charge in [0.25, 0.3) is 11.8 Å². The average Bonchev–Trinajstić information content (AvgIpc) is 3.54. The van der Waals surface area contributed by atoms with E-state index in [-0.39, 0.29) is 35.5 Å². The lowest BCUT2D eigenvalue weighted by atomic mass is 9.63. The summed E-state index contributed by atoms with van der Waals surface area (Å²) in [6.45, 7) is 0.745. The number of allylic oxidation sites excluding steroid dienone is 2. The van der Waals surface area contributed by atoms with Gasteiger partial charge in [0.15, 0.2) is 0 Å². The van der Waals surface area contributed by atoms with Crippen LogP contribution in [0.4, 0.5) is 0 Å². The number of carbonyl (C=O) groups excluding carboxylic acids is 2. The quantitative estimate of drug-likeness (QED) is 0.206. The molecule has 0 spiro atoms. The molecule has 2 heterocycles. The van der Waals surface area contributed by atoms with Crippen molar-refractivity contribution in [3.05, 3.63) is 81.6 Å². The molecule has 6 heteroatoms.